The number of benzene rings is 2. The minimum Gasteiger partial charge on any atom is -0.504 e. The molecular weight excluding hydrogens is 460 g/mol. The average molecular weight is 487 g/mol. The van der Waals surface area contributed by atoms with Gasteiger partial charge in [0.25, 0.3) is 0 Å². The van der Waals surface area contributed by atoms with E-state index in [1.807, 2.05) is 25.1 Å². The van der Waals surface area contributed by atoms with Crippen LogP contribution in [0.2, 0.25) is 0 Å². The van der Waals surface area contributed by atoms with Gasteiger partial charge in [0.05, 0.1) is 7.11 Å². The Hall–Kier alpha value is -2.03. The molecule has 0 atom stereocenters. The molecule has 0 bridgehead atoms. The molecule has 2 aromatic rings. The van der Waals surface area contributed by atoms with Crippen molar-refractivity contribution in [2.24, 2.45) is 4.99 Å². The first-order chi connectivity index (χ1) is 12.7. The normalized spacial score (nSPS) is 10.9. The van der Waals surface area contributed by atoms with Crippen LogP contribution in [0.3, 0.4) is 0 Å². The first-order valence-electron chi connectivity index (χ1n) is 8.76. The fourth-order valence-corrected chi connectivity index (χ4v) is 2.58. The number of hydrogen-bond donors (Lipinski definition) is 3. The highest BCUT2D eigenvalue weighted by Crippen LogP contribution is 2.29. The predicted molar refractivity (Wildman–Crippen MR) is 118 cm³/mol. The van der Waals surface area contributed by atoms with E-state index in [0.717, 1.165) is 12.1 Å². The highest BCUT2D eigenvalue weighted by molar-refractivity contribution is 14.0. The van der Waals surface area contributed by atoms with E-state index in [9.17, 15) is 9.50 Å². The van der Waals surface area contributed by atoms with Gasteiger partial charge >= 0.3 is 0 Å². The maximum atomic E-state index is 13.6. The lowest BCUT2D eigenvalue weighted by Crippen LogP contribution is -2.38. The van der Waals surface area contributed by atoms with Crippen molar-refractivity contribution in [3.8, 4) is 11.5 Å². The van der Waals surface area contributed by atoms with Crippen molar-refractivity contribution in [3.05, 3.63) is 59.4 Å². The highest BCUT2D eigenvalue weighted by atomic mass is 127. The number of hydrogen-bond acceptors (Lipinski definition) is 3. The number of aliphatic imine (C=N–C) groups is 1. The second-order valence-electron chi connectivity index (χ2n) is 5.75. The Kier molecular flexibility index (Phi) is 10.5. The first kappa shape index (κ1) is 23.0. The van der Waals surface area contributed by atoms with Crippen molar-refractivity contribution in [1.29, 1.82) is 0 Å². The van der Waals surface area contributed by atoms with Crippen molar-refractivity contribution in [1.82, 2.24) is 10.6 Å². The summed E-state index contributed by atoms with van der Waals surface area (Å²) >= 11 is 0. The largest absolute Gasteiger partial charge is 0.504 e. The molecule has 0 aliphatic rings. The van der Waals surface area contributed by atoms with Gasteiger partial charge in [0, 0.05) is 19.6 Å². The number of phenolic OH excluding ortho intramolecular Hbond substituents is 1. The van der Waals surface area contributed by atoms with Crippen LogP contribution in [0, 0.1) is 5.82 Å². The molecule has 2 aromatic carbocycles. The second kappa shape index (κ2) is 12.4. The van der Waals surface area contributed by atoms with E-state index in [1.165, 1.54) is 13.2 Å². The summed E-state index contributed by atoms with van der Waals surface area (Å²) in [6.45, 7) is 3.81. The van der Waals surface area contributed by atoms with Crippen molar-refractivity contribution in [3.63, 3.8) is 0 Å². The maximum Gasteiger partial charge on any atom is 0.191 e. The Balaban J connectivity index is 0.00000364. The van der Waals surface area contributed by atoms with Gasteiger partial charge in [-0.3, -0.25) is 4.99 Å². The first-order valence-corrected chi connectivity index (χ1v) is 8.76. The Labute approximate surface area is 177 Å². The molecule has 0 radical (unpaired) electrons. The molecule has 148 valence electrons. The molecule has 3 N–H and O–H groups in total. The Morgan fingerprint density at radius 3 is 2.52 bits per heavy atom. The monoisotopic (exact) mass is 487 g/mol. The lowest BCUT2D eigenvalue weighted by Gasteiger charge is -2.13. The Morgan fingerprint density at radius 1 is 1.07 bits per heavy atom. The van der Waals surface area contributed by atoms with Gasteiger partial charge in [-0.05, 0) is 43.0 Å². The fraction of sp³-hybridized carbons (Fsp3) is 0.350. The topological polar surface area (TPSA) is 65.9 Å². The van der Waals surface area contributed by atoms with Crippen LogP contribution in [0.4, 0.5) is 4.39 Å². The third kappa shape index (κ3) is 7.24. The summed E-state index contributed by atoms with van der Waals surface area (Å²) in [6.07, 6.45) is 1.17. The van der Waals surface area contributed by atoms with Crippen LogP contribution in [0.1, 0.15) is 18.1 Å². The molecule has 0 heterocycles. The Morgan fingerprint density at radius 2 is 1.81 bits per heavy atom. The van der Waals surface area contributed by atoms with Gasteiger partial charge in [-0.2, -0.15) is 0 Å². The number of nitrogens with zero attached hydrogens (tertiary/aromatic N) is 1. The Bertz CT molecular complexity index is 741. The van der Waals surface area contributed by atoms with E-state index in [2.05, 4.69) is 15.6 Å². The van der Waals surface area contributed by atoms with E-state index in [0.29, 0.717) is 43.2 Å². The molecule has 0 aromatic heterocycles. The molecule has 0 saturated carbocycles. The van der Waals surface area contributed by atoms with Crippen LogP contribution in [-0.4, -0.2) is 37.8 Å². The molecule has 2 rings (SSSR count). The average Bonchev–Trinajstić information content (AvgIpc) is 2.64. The highest BCUT2D eigenvalue weighted by Gasteiger charge is 2.07. The number of guanidine groups is 1. The maximum absolute atomic E-state index is 13.6. The van der Waals surface area contributed by atoms with Crippen LogP contribution in [0.5, 0.6) is 11.5 Å². The third-order valence-electron chi connectivity index (χ3n) is 3.94. The third-order valence-corrected chi connectivity index (χ3v) is 3.94. The number of nitrogens with one attached hydrogen (secondary N) is 2. The molecule has 7 heteroatoms. The molecule has 0 aliphatic carbocycles. The van der Waals surface area contributed by atoms with Gasteiger partial charge in [0.15, 0.2) is 17.5 Å². The number of rotatable bonds is 8. The van der Waals surface area contributed by atoms with Gasteiger partial charge in [0.1, 0.15) is 5.82 Å². The number of ether oxygens (including phenoxy) is 1. The molecule has 0 saturated heterocycles. The SMILES string of the molecule is CCNC(=NCCc1ccccc1F)NCCc1cccc(OC)c1O.I. The summed E-state index contributed by atoms with van der Waals surface area (Å²) in [7, 11) is 1.53. The molecule has 0 spiro atoms. The van der Waals surface area contributed by atoms with Crippen LogP contribution in [-0.2, 0) is 12.8 Å². The second-order valence-corrected chi connectivity index (χ2v) is 5.75. The predicted octanol–water partition coefficient (Wildman–Crippen LogP) is 3.50. The van der Waals surface area contributed by atoms with Crippen LogP contribution < -0.4 is 15.4 Å². The van der Waals surface area contributed by atoms with E-state index in [-0.39, 0.29) is 35.5 Å². The minimum absolute atomic E-state index is 0. The summed E-state index contributed by atoms with van der Waals surface area (Å²) in [5.74, 6) is 1.10. The summed E-state index contributed by atoms with van der Waals surface area (Å²) in [5.41, 5.74) is 1.47. The smallest absolute Gasteiger partial charge is 0.191 e. The standard InChI is InChI=1S/C20H26FN3O2.HI/c1-3-22-20(23-13-11-15-7-4-5-9-17(15)21)24-14-12-16-8-6-10-18(26-2)19(16)25;/h4-10,25H,3,11-14H2,1-2H3,(H2,22,23,24);1H. The molecule has 0 aliphatic heterocycles. The number of methoxy groups -OCH3 is 1. The molecule has 5 nitrogen and oxygen atoms in total. The van der Waals surface area contributed by atoms with Crippen LogP contribution >= 0.6 is 24.0 Å². The van der Waals surface area contributed by atoms with Crippen molar-refractivity contribution in [2.45, 2.75) is 19.8 Å². The molecule has 27 heavy (non-hydrogen) atoms. The van der Waals surface area contributed by atoms with Gasteiger partial charge in [-0.15, -0.1) is 24.0 Å². The summed E-state index contributed by atoms with van der Waals surface area (Å²) in [4.78, 5) is 4.48. The number of aromatic hydroxyl groups is 1. The van der Waals surface area contributed by atoms with Crippen molar-refractivity contribution < 1.29 is 14.2 Å². The zero-order valence-electron chi connectivity index (χ0n) is 15.7. The van der Waals surface area contributed by atoms with Gasteiger partial charge in [-0.25, -0.2) is 4.39 Å². The molecule has 0 amide bonds. The minimum atomic E-state index is -0.200. The zero-order chi connectivity index (χ0) is 18.8. The number of phenols is 1. The lowest BCUT2D eigenvalue weighted by atomic mass is 10.1. The molecule has 0 fully saturated rings. The lowest BCUT2D eigenvalue weighted by molar-refractivity contribution is 0.370. The zero-order valence-corrected chi connectivity index (χ0v) is 18.0. The van der Waals surface area contributed by atoms with Crippen LogP contribution in [0.15, 0.2) is 47.5 Å². The van der Waals surface area contributed by atoms with Gasteiger partial charge in [-0.1, -0.05) is 30.3 Å². The van der Waals surface area contributed by atoms with Gasteiger partial charge < -0.3 is 20.5 Å². The molecule has 0 unspecified atom stereocenters. The quantitative estimate of drug-likeness (QED) is 0.303. The van der Waals surface area contributed by atoms with E-state index >= 15 is 0 Å². The summed E-state index contributed by atoms with van der Waals surface area (Å²) in [6, 6.07) is 12.2. The fourth-order valence-electron chi connectivity index (χ4n) is 2.58. The van der Waals surface area contributed by atoms with Crippen molar-refractivity contribution in [2.75, 3.05) is 26.7 Å². The number of halogens is 2. The van der Waals surface area contributed by atoms with E-state index in [4.69, 9.17) is 4.74 Å². The van der Waals surface area contributed by atoms with Crippen LogP contribution in [0.25, 0.3) is 0 Å². The van der Waals surface area contributed by atoms with E-state index in [1.54, 1.807) is 18.2 Å². The molecular formula is C20H27FIN3O2. The van der Waals surface area contributed by atoms with Crippen molar-refractivity contribution >= 4 is 29.9 Å². The number of para-hydroxylation sites is 1. The summed E-state index contributed by atoms with van der Waals surface area (Å²) < 4.78 is 18.8. The van der Waals surface area contributed by atoms with Gasteiger partial charge in [0.2, 0.25) is 0 Å². The van der Waals surface area contributed by atoms with E-state index < -0.39 is 0 Å². The summed E-state index contributed by atoms with van der Waals surface area (Å²) in [5, 5.41) is 16.5.